The Bertz CT molecular complexity index is 636. The van der Waals surface area contributed by atoms with Crippen molar-refractivity contribution in [3.63, 3.8) is 0 Å². The first-order valence-corrected chi connectivity index (χ1v) is 15.8. The fourth-order valence-corrected chi connectivity index (χ4v) is 10.2. The summed E-state index contributed by atoms with van der Waals surface area (Å²) >= 11 is 31.1. The number of hydrogen-bond acceptors (Lipinski definition) is 0. The Morgan fingerprint density at radius 3 is 0.893 bits per heavy atom. The lowest BCUT2D eigenvalue weighted by Crippen LogP contribution is -2.40. The molecule has 0 amide bonds. The molecule has 2 rings (SSSR count). The molecule has 0 aliphatic carbocycles. The van der Waals surface area contributed by atoms with E-state index in [-0.39, 0.29) is 38.6 Å². The van der Waals surface area contributed by atoms with E-state index < -0.39 is 0 Å². The lowest BCUT2D eigenvalue weighted by Gasteiger charge is -2.33. The highest BCUT2D eigenvalue weighted by Crippen LogP contribution is 2.44. The van der Waals surface area contributed by atoms with Gasteiger partial charge in [-0.3, -0.25) is 0 Å². The van der Waals surface area contributed by atoms with Gasteiger partial charge in [0.15, 0.2) is 0 Å². The molecule has 0 aliphatic heterocycles. The summed E-state index contributed by atoms with van der Waals surface area (Å²) in [4.78, 5) is 1.52. The van der Waals surface area contributed by atoms with Crippen molar-refractivity contribution in [3.8, 4) is 0 Å². The molecule has 0 saturated heterocycles. The molecule has 2 aromatic rings. The standard InChI is InChI=1S/C20H18Br8/c21-13(11-7-3-1-4-8-11)15(23)17(25)19(27)20(28)18(26)16(24)14(22)12-9-5-2-6-10-12/h1-10,13-20H. The van der Waals surface area contributed by atoms with Crippen molar-refractivity contribution in [2.24, 2.45) is 0 Å². The molecule has 154 valence electrons. The molecule has 0 aromatic heterocycles. The Morgan fingerprint density at radius 2 is 0.607 bits per heavy atom. The second kappa shape index (κ2) is 13.1. The minimum atomic E-state index is 0.181. The van der Waals surface area contributed by atoms with Crippen molar-refractivity contribution in [3.05, 3.63) is 71.8 Å². The van der Waals surface area contributed by atoms with Crippen LogP contribution in [0.25, 0.3) is 0 Å². The number of hydrogen-bond donors (Lipinski definition) is 0. The van der Waals surface area contributed by atoms with Gasteiger partial charge in [0.1, 0.15) is 0 Å². The van der Waals surface area contributed by atoms with Crippen LogP contribution >= 0.6 is 127 Å². The summed E-state index contributed by atoms with van der Waals surface area (Å²) in [5.41, 5.74) is 2.50. The van der Waals surface area contributed by atoms with Gasteiger partial charge in [0.2, 0.25) is 0 Å². The third-order valence-corrected chi connectivity index (χ3v) is 18.2. The summed E-state index contributed by atoms with van der Waals surface area (Å²) in [7, 11) is 0. The second-order valence-electron chi connectivity index (χ2n) is 6.29. The molecule has 0 spiro atoms. The van der Waals surface area contributed by atoms with Crippen molar-refractivity contribution < 1.29 is 0 Å². The highest BCUT2D eigenvalue weighted by molar-refractivity contribution is 9.16. The molecular weight excluding hydrogens is 879 g/mol. The molecule has 0 bridgehead atoms. The van der Waals surface area contributed by atoms with Gasteiger partial charge in [0, 0.05) is 29.0 Å². The smallest absolute Gasteiger partial charge is 0.0531 e. The Hall–Kier alpha value is 2.28. The van der Waals surface area contributed by atoms with E-state index in [9.17, 15) is 0 Å². The lowest BCUT2D eigenvalue weighted by atomic mass is 10.0. The van der Waals surface area contributed by atoms with Crippen molar-refractivity contribution in [2.75, 3.05) is 0 Å². The highest BCUT2D eigenvalue weighted by atomic mass is 79.9. The van der Waals surface area contributed by atoms with Crippen molar-refractivity contribution in [2.45, 2.75) is 38.6 Å². The summed E-state index contributed by atoms with van der Waals surface area (Å²) in [5.74, 6) is 0. The first-order valence-electron chi connectivity index (χ1n) is 8.48. The molecule has 0 nitrogen and oxygen atoms in total. The summed E-state index contributed by atoms with van der Waals surface area (Å²) in [6.07, 6.45) is 0. The van der Waals surface area contributed by atoms with Gasteiger partial charge in [-0.15, -0.1) is 0 Å². The molecule has 0 aliphatic rings. The fourth-order valence-electron chi connectivity index (χ4n) is 2.67. The van der Waals surface area contributed by atoms with E-state index in [0.717, 1.165) is 0 Å². The average molecular weight is 898 g/mol. The van der Waals surface area contributed by atoms with Crippen LogP contribution in [-0.2, 0) is 0 Å². The van der Waals surface area contributed by atoms with Crippen molar-refractivity contribution >= 4 is 127 Å². The van der Waals surface area contributed by atoms with Gasteiger partial charge in [-0.2, -0.15) is 0 Å². The van der Waals surface area contributed by atoms with Crippen LogP contribution in [0.1, 0.15) is 20.8 Å². The van der Waals surface area contributed by atoms with Gasteiger partial charge in [-0.1, -0.05) is 188 Å². The van der Waals surface area contributed by atoms with E-state index in [1.165, 1.54) is 11.1 Å². The van der Waals surface area contributed by atoms with Crippen LogP contribution in [0.4, 0.5) is 0 Å². The first-order chi connectivity index (χ1) is 13.3. The molecule has 28 heavy (non-hydrogen) atoms. The second-order valence-corrected chi connectivity index (χ2v) is 14.6. The van der Waals surface area contributed by atoms with Gasteiger partial charge < -0.3 is 0 Å². The van der Waals surface area contributed by atoms with Crippen molar-refractivity contribution in [1.29, 1.82) is 0 Å². The monoisotopic (exact) mass is 889 g/mol. The summed E-state index contributed by atoms with van der Waals surface area (Å²) < 4.78 is 0. The van der Waals surface area contributed by atoms with Gasteiger partial charge in [-0.05, 0) is 11.1 Å². The minimum absolute atomic E-state index is 0.181. The Morgan fingerprint density at radius 1 is 0.357 bits per heavy atom. The van der Waals surface area contributed by atoms with E-state index in [2.05, 4.69) is 176 Å². The van der Waals surface area contributed by atoms with Crippen LogP contribution in [0.2, 0.25) is 0 Å². The average Bonchev–Trinajstić information content (AvgIpc) is 2.76. The van der Waals surface area contributed by atoms with Crippen LogP contribution in [0.15, 0.2) is 60.7 Å². The molecule has 0 radical (unpaired) electrons. The maximum Gasteiger partial charge on any atom is 0.0531 e. The van der Waals surface area contributed by atoms with E-state index in [1.54, 1.807) is 0 Å². The third-order valence-electron chi connectivity index (χ3n) is 4.32. The SMILES string of the molecule is BrC(c1ccccc1)C(Br)C(Br)C(Br)C(Br)C(Br)C(Br)C(Br)c1ccccc1. The quantitative estimate of drug-likeness (QED) is 0.220. The van der Waals surface area contributed by atoms with E-state index >= 15 is 0 Å². The molecular formula is C20H18Br8. The van der Waals surface area contributed by atoms with Crippen LogP contribution in [0, 0.1) is 0 Å². The van der Waals surface area contributed by atoms with E-state index in [4.69, 9.17) is 0 Å². The summed E-state index contributed by atoms with van der Waals surface area (Å²) in [5, 5.41) is 0. The topological polar surface area (TPSA) is 0 Å². The normalized spacial score (nSPS) is 20.4. The molecule has 0 heterocycles. The predicted molar refractivity (Wildman–Crippen MR) is 153 cm³/mol. The summed E-state index contributed by atoms with van der Waals surface area (Å²) in [6, 6.07) is 20.9. The van der Waals surface area contributed by atoms with Crippen LogP contribution in [-0.4, -0.2) is 29.0 Å². The zero-order valence-electron chi connectivity index (χ0n) is 14.4. The van der Waals surface area contributed by atoms with Gasteiger partial charge in [0.05, 0.1) is 9.65 Å². The number of rotatable bonds is 9. The summed E-state index contributed by atoms with van der Waals surface area (Å²) in [6.45, 7) is 0. The van der Waals surface area contributed by atoms with Crippen LogP contribution in [0.3, 0.4) is 0 Å². The largest absolute Gasteiger partial charge is 0.0865 e. The zero-order valence-corrected chi connectivity index (χ0v) is 27.1. The van der Waals surface area contributed by atoms with Gasteiger partial charge in [0.25, 0.3) is 0 Å². The van der Waals surface area contributed by atoms with Crippen LogP contribution < -0.4 is 0 Å². The van der Waals surface area contributed by atoms with E-state index in [0.29, 0.717) is 0 Å². The van der Waals surface area contributed by atoms with Crippen LogP contribution in [0.5, 0.6) is 0 Å². The number of benzene rings is 2. The molecule has 0 N–H and O–H groups in total. The van der Waals surface area contributed by atoms with Gasteiger partial charge in [-0.25, -0.2) is 0 Å². The molecule has 0 fully saturated rings. The fraction of sp³-hybridized carbons (Fsp3) is 0.400. The highest BCUT2D eigenvalue weighted by Gasteiger charge is 2.39. The number of halogens is 8. The molecule has 2 aromatic carbocycles. The molecule has 8 heteroatoms. The molecule has 8 unspecified atom stereocenters. The Labute approximate surface area is 234 Å². The molecule has 8 atom stereocenters. The van der Waals surface area contributed by atoms with Gasteiger partial charge >= 0.3 is 0 Å². The first kappa shape index (κ1) is 26.5. The Balaban J connectivity index is 2.04. The van der Waals surface area contributed by atoms with Crippen molar-refractivity contribution in [1.82, 2.24) is 0 Å². The lowest BCUT2D eigenvalue weighted by molar-refractivity contribution is 0.684. The number of alkyl halides is 8. The molecule has 0 saturated carbocycles. The van der Waals surface area contributed by atoms with E-state index in [1.807, 2.05) is 12.1 Å². The zero-order chi connectivity index (χ0) is 20.8. The maximum absolute atomic E-state index is 3.91. The minimum Gasteiger partial charge on any atom is -0.0865 e. The third kappa shape index (κ3) is 7.14. The Kier molecular flexibility index (Phi) is 12.4. The maximum atomic E-state index is 3.91. The predicted octanol–water partition coefficient (Wildman–Crippen LogP) is 9.84.